The van der Waals surface area contributed by atoms with Gasteiger partial charge < -0.3 is 14.8 Å². The van der Waals surface area contributed by atoms with Gasteiger partial charge in [-0.2, -0.15) is 4.31 Å². The van der Waals surface area contributed by atoms with Crippen molar-refractivity contribution in [2.75, 3.05) is 44.0 Å². The summed E-state index contributed by atoms with van der Waals surface area (Å²) in [7, 11) is -2.49. The fraction of sp³-hybridized carbons (Fsp3) is 0.286. The Labute approximate surface area is 194 Å². The van der Waals surface area contributed by atoms with E-state index < -0.39 is 15.9 Å². The number of sulfonamides is 1. The predicted octanol–water partition coefficient (Wildman–Crippen LogP) is 2.54. The van der Waals surface area contributed by atoms with Crippen LogP contribution in [0.25, 0.3) is 10.2 Å². The second-order valence-corrected chi connectivity index (χ2v) is 10.2. The quantitative estimate of drug-likeness (QED) is 0.544. The molecule has 1 aromatic heterocycles. The Morgan fingerprint density at radius 3 is 2.58 bits per heavy atom. The lowest BCUT2D eigenvalue weighted by molar-refractivity contribution is -0.114. The number of hydrogen-bond donors (Lipinski definition) is 2. The van der Waals surface area contributed by atoms with Gasteiger partial charge in [0.15, 0.2) is 5.13 Å². The number of thiazole rings is 1. The highest BCUT2D eigenvalue weighted by Gasteiger charge is 2.30. The van der Waals surface area contributed by atoms with Crippen LogP contribution < -0.4 is 15.4 Å². The smallest absolute Gasteiger partial charge is 0.257 e. The molecule has 0 unspecified atom stereocenters. The summed E-state index contributed by atoms with van der Waals surface area (Å²) in [6.45, 7) is 2.50. The van der Waals surface area contributed by atoms with Crippen molar-refractivity contribution in [2.45, 2.75) is 11.8 Å². The zero-order chi connectivity index (χ0) is 23.6. The van der Waals surface area contributed by atoms with Crippen LogP contribution in [0.1, 0.15) is 17.3 Å². The number of aromatic nitrogens is 1. The Morgan fingerprint density at radius 2 is 1.88 bits per heavy atom. The van der Waals surface area contributed by atoms with Crippen LogP contribution in [0.15, 0.2) is 41.3 Å². The van der Waals surface area contributed by atoms with Gasteiger partial charge in [0.1, 0.15) is 10.6 Å². The first-order valence-corrected chi connectivity index (χ1v) is 12.3. The molecular formula is C21H22N4O6S2. The maximum Gasteiger partial charge on any atom is 0.257 e. The lowest BCUT2D eigenvalue weighted by Crippen LogP contribution is -2.40. The normalized spacial score (nSPS) is 14.7. The molecule has 0 bridgehead atoms. The van der Waals surface area contributed by atoms with Crippen molar-refractivity contribution in [1.29, 1.82) is 0 Å². The molecule has 2 amide bonds. The number of anilines is 2. The molecule has 2 heterocycles. The Morgan fingerprint density at radius 1 is 1.12 bits per heavy atom. The molecule has 1 fully saturated rings. The molecule has 2 N–H and O–H groups in total. The first-order valence-electron chi connectivity index (χ1n) is 10.0. The number of methoxy groups -OCH3 is 1. The van der Waals surface area contributed by atoms with Gasteiger partial charge in [-0.25, -0.2) is 13.4 Å². The fourth-order valence-electron chi connectivity index (χ4n) is 3.37. The Bertz CT molecular complexity index is 1320. The molecule has 1 aliphatic rings. The number of carbonyl (C=O) groups is 2. The van der Waals surface area contributed by atoms with Gasteiger partial charge in [-0.3, -0.25) is 14.9 Å². The highest BCUT2D eigenvalue weighted by Crippen LogP contribution is 2.31. The molecule has 0 saturated carbocycles. The third kappa shape index (κ3) is 4.98. The molecule has 12 heteroatoms. The predicted molar refractivity (Wildman–Crippen MR) is 124 cm³/mol. The average Bonchev–Trinajstić information content (AvgIpc) is 3.20. The molecule has 0 spiro atoms. The summed E-state index contributed by atoms with van der Waals surface area (Å²) in [6, 6.07) is 9.50. The fourth-order valence-corrected chi connectivity index (χ4v) is 5.86. The second kappa shape index (κ2) is 9.43. The molecule has 4 rings (SSSR count). The summed E-state index contributed by atoms with van der Waals surface area (Å²) < 4.78 is 38.9. The van der Waals surface area contributed by atoms with E-state index in [9.17, 15) is 18.0 Å². The lowest BCUT2D eigenvalue weighted by atomic mass is 10.2. The number of nitrogens with one attached hydrogen (secondary N) is 2. The van der Waals surface area contributed by atoms with E-state index in [1.54, 1.807) is 18.2 Å². The van der Waals surface area contributed by atoms with Gasteiger partial charge in [-0.05, 0) is 36.4 Å². The van der Waals surface area contributed by atoms with Crippen molar-refractivity contribution in [2.24, 2.45) is 0 Å². The SMILES string of the molecule is COc1ccc(C(=O)Nc2nc3ccc(NC(C)=O)cc3s2)cc1S(=O)(=O)N1CCOCC1. The van der Waals surface area contributed by atoms with E-state index in [0.717, 1.165) is 4.70 Å². The summed E-state index contributed by atoms with van der Waals surface area (Å²) in [5.41, 5.74) is 1.44. The van der Waals surface area contributed by atoms with Gasteiger partial charge in [-0.1, -0.05) is 11.3 Å². The van der Waals surface area contributed by atoms with E-state index in [1.807, 2.05) is 0 Å². The van der Waals surface area contributed by atoms with Crippen LogP contribution in [0.5, 0.6) is 5.75 Å². The van der Waals surface area contributed by atoms with Crippen LogP contribution in [-0.2, 0) is 19.6 Å². The van der Waals surface area contributed by atoms with E-state index >= 15 is 0 Å². The van der Waals surface area contributed by atoms with Gasteiger partial charge in [0, 0.05) is 31.3 Å². The van der Waals surface area contributed by atoms with Crippen molar-refractivity contribution >= 4 is 54.2 Å². The molecule has 3 aromatic rings. The number of benzene rings is 2. The number of carbonyl (C=O) groups excluding carboxylic acids is 2. The standard InChI is InChI=1S/C21H22N4O6S2/c1-13(26)22-15-4-5-16-18(12-15)32-21(23-16)24-20(27)14-3-6-17(30-2)19(11-14)33(28,29)25-7-9-31-10-8-25/h3-6,11-12H,7-10H2,1-2H3,(H,22,26)(H,23,24,27). The molecule has 10 nitrogen and oxygen atoms in total. The summed E-state index contributed by atoms with van der Waals surface area (Å²) in [5, 5.41) is 5.77. The number of ether oxygens (including phenoxy) is 2. The Balaban J connectivity index is 1.59. The highest BCUT2D eigenvalue weighted by atomic mass is 32.2. The van der Waals surface area contributed by atoms with Gasteiger partial charge in [0.05, 0.1) is 30.5 Å². The van der Waals surface area contributed by atoms with Gasteiger partial charge in [0.2, 0.25) is 15.9 Å². The number of hydrogen-bond acceptors (Lipinski definition) is 8. The highest BCUT2D eigenvalue weighted by molar-refractivity contribution is 7.89. The molecule has 0 aliphatic carbocycles. The molecule has 0 radical (unpaired) electrons. The van der Waals surface area contributed by atoms with E-state index in [0.29, 0.717) is 29.5 Å². The molecule has 1 aliphatic heterocycles. The van der Waals surface area contributed by atoms with Gasteiger partial charge >= 0.3 is 0 Å². The van der Waals surface area contributed by atoms with Crippen LogP contribution in [0.3, 0.4) is 0 Å². The number of rotatable bonds is 6. The maximum absolute atomic E-state index is 13.1. The first kappa shape index (κ1) is 23.1. The molecule has 174 valence electrons. The van der Waals surface area contributed by atoms with Crippen LogP contribution >= 0.6 is 11.3 Å². The third-order valence-electron chi connectivity index (χ3n) is 4.94. The molecule has 0 atom stereocenters. The van der Waals surface area contributed by atoms with E-state index in [1.165, 1.54) is 47.9 Å². The van der Waals surface area contributed by atoms with Crippen LogP contribution in [0.4, 0.5) is 10.8 Å². The summed E-state index contributed by atoms with van der Waals surface area (Å²) in [4.78, 5) is 28.5. The zero-order valence-electron chi connectivity index (χ0n) is 18.0. The molecule has 2 aromatic carbocycles. The number of morpholine rings is 1. The van der Waals surface area contributed by atoms with Crippen molar-refractivity contribution < 1.29 is 27.5 Å². The Hall–Kier alpha value is -3.06. The van der Waals surface area contributed by atoms with Gasteiger partial charge in [0.25, 0.3) is 5.91 Å². The van der Waals surface area contributed by atoms with Crippen molar-refractivity contribution in [3.8, 4) is 5.75 Å². The topological polar surface area (TPSA) is 127 Å². The summed E-state index contributed by atoms with van der Waals surface area (Å²) in [6.07, 6.45) is 0. The summed E-state index contributed by atoms with van der Waals surface area (Å²) in [5.74, 6) is -0.532. The molecule has 1 saturated heterocycles. The first-order chi connectivity index (χ1) is 15.8. The van der Waals surface area contributed by atoms with E-state index in [4.69, 9.17) is 9.47 Å². The minimum Gasteiger partial charge on any atom is -0.495 e. The van der Waals surface area contributed by atoms with E-state index in [2.05, 4.69) is 15.6 Å². The van der Waals surface area contributed by atoms with Gasteiger partial charge in [-0.15, -0.1) is 0 Å². The zero-order valence-corrected chi connectivity index (χ0v) is 19.6. The molecular weight excluding hydrogens is 468 g/mol. The van der Waals surface area contributed by atoms with Crippen molar-refractivity contribution in [3.05, 3.63) is 42.0 Å². The maximum atomic E-state index is 13.1. The van der Waals surface area contributed by atoms with Crippen LogP contribution in [0, 0.1) is 0 Å². The minimum absolute atomic E-state index is 0.0798. The van der Waals surface area contributed by atoms with Crippen molar-refractivity contribution in [3.63, 3.8) is 0 Å². The number of nitrogens with zero attached hydrogens (tertiary/aromatic N) is 2. The lowest BCUT2D eigenvalue weighted by Gasteiger charge is -2.26. The average molecular weight is 491 g/mol. The van der Waals surface area contributed by atoms with Crippen LogP contribution in [0.2, 0.25) is 0 Å². The van der Waals surface area contributed by atoms with E-state index in [-0.39, 0.29) is 35.2 Å². The Kier molecular flexibility index (Phi) is 6.61. The van der Waals surface area contributed by atoms with Crippen molar-refractivity contribution in [1.82, 2.24) is 9.29 Å². The largest absolute Gasteiger partial charge is 0.495 e. The third-order valence-corrected chi connectivity index (χ3v) is 7.80. The second-order valence-electron chi connectivity index (χ2n) is 7.22. The molecule has 33 heavy (non-hydrogen) atoms. The minimum atomic E-state index is -3.87. The monoisotopic (exact) mass is 490 g/mol. The number of fused-ring (bicyclic) bond motifs is 1. The number of amides is 2. The van der Waals surface area contributed by atoms with Crippen LogP contribution in [-0.4, -0.2) is 62.9 Å². The summed E-state index contributed by atoms with van der Waals surface area (Å²) >= 11 is 1.24.